The van der Waals surface area contributed by atoms with Gasteiger partial charge in [0.15, 0.2) is 17.5 Å². The highest BCUT2D eigenvalue weighted by Crippen LogP contribution is 2.37. The zero-order valence-electron chi connectivity index (χ0n) is 31.9. The SMILES string of the molecule is [2H]c1c([2H])c([2H])c(-c2cccc3c(-c4nc(-c5ccccc5)nc(-c5cccc(-c6cc(-c7ccccc7)cc7ccccc67)c5)n4)cccc23)c([2H])c1[2H]. The maximum Gasteiger partial charge on any atom is 0.164 e. The molecule has 3 heteroatoms. The highest BCUT2D eigenvalue weighted by molar-refractivity contribution is 6.04. The van der Waals surface area contributed by atoms with E-state index in [1.54, 1.807) is 6.07 Å². The molecule has 0 saturated carbocycles. The Morgan fingerprint density at radius 1 is 0.320 bits per heavy atom. The molecule has 0 unspecified atom stereocenters. The summed E-state index contributed by atoms with van der Waals surface area (Å²) in [5.74, 6) is 1.48. The van der Waals surface area contributed by atoms with E-state index in [1.165, 1.54) is 0 Å². The molecule has 0 bridgehead atoms. The van der Waals surface area contributed by atoms with Crippen LogP contribution in [0.3, 0.4) is 0 Å². The first-order chi connectivity index (χ1) is 26.9. The first-order valence-corrected chi connectivity index (χ1v) is 16.5. The lowest BCUT2D eigenvalue weighted by Crippen LogP contribution is -2.00. The van der Waals surface area contributed by atoms with E-state index in [0.29, 0.717) is 28.4 Å². The number of rotatable bonds is 6. The van der Waals surface area contributed by atoms with Crippen molar-refractivity contribution >= 4 is 21.5 Å². The van der Waals surface area contributed by atoms with Gasteiger partial charge < -0.3 is 0 Å². The lowest BCUT2D eigenvalue weighted by atomic mass is 9.92. The van der Waals surface area contributed by atoms with Crippen LogP contribution < -0.4 is 0 Å². The molecule has 0 aliphatic heterocycles. The van der Waals surface area contributed by atoms with Crippen LogP contribution in [0.2, 0.25) is 0 Å². The highest BCUT2D eigenvalue weighted by Gasteiger charge is 2.16. The van der Waals surface area contributed by atoms with Crippen LogP contribution in [0.25, 0.3) is 89.1 Å². The highest BCUT2D eigenvalue weighted by atomic mass is 15.0. The van der Waals surface area contributed by atoms with Gasteiger partial charge in [-0.05, 0) is 73.1 Å². The first-order valence-electron chi connectivity index (χ1n) is 19.0. The van der Waals surface area contributed by atoms with E-state index in [9.17, 15) is 0 Å². The predicted octanol–water partition coefficient (Wildman–Crippen LogP) is 12.2. The van der Waals surface area contributed by atoms with Crippen molar-refractivity contribution < 1.29 is 6.85 Å². The molecule has 0 N–H and O–H groups in total. The Bertz CT molecular complexity index is 2900. The summed E-state index contributed by atoms with van der Waals surface area (Å²) in [6.07, 6.45) is 0. The van der Waals surface area contributed by atoms with Crippen molar-refractivity contribution in [2.45, 2.75) is 0 Å². The van der Waals surface area contributed by atoms with Gasteiger partial charge in [0, 0.05) is 16.7 Å². The van der Waals surface area contributed by atoms with Crippen molar-refractivity contribution in [2.75, 3.05) is 0 Å². The summed E-state index contributed by atoms with van der Waals surface area (Å²) in [5.41, 5.74) is 7.48. The number of benzene rings is 8. The molecular formula is C47H31N3. The van der Waals surface area contributed by atoms with Gasteiger partial charge in [-0.25, -0.2) is 15.0 Å². The van der Waals surface area contributed by atoms with E-state index in [4.69, 9.17) is 21.8 Å². The second kappa shape index (κ2) is 12.7. The summed E-state index contributed by atoms with van der Waals surface area (Å²) in [6, 6.07) is 51.0. The number of fused-ring (bicyclic) bond motifs is 2. The molecule has 0 radical (unpaired) electrons. The second-order valence-electron chi connectivity index (χ2n) is 12.1. The third-order valence-electron chi connectivity index (χ3n) is 9.00. The lowest BCUT2D eigenvalue weighted by molar-refractivity contribution is 1.08. The van der Waals surface area contributed by atoms with Gasteiger partial charge in [0.05, 0.1) is 6.85 Å². The van der Waals surface area contributed by atoms with Crippen LogP contribution in [0.5, 0.6) is 0 Å². The second-order valence-corrected chi connectivity index (χ2v) is 12.1. The molecule has 0 saturated heterocycles. The van der Waals surface area contributed by atoms with E-state index in [2.05, 4.69) is 72.8 Å². The van der Waals surface area contributed by atoms with Gasteiger partial charge >= 0.3 is 0 Å². The number of hydrogen-bond acceptors (Lipinski definition) is 3. The number of aromatic nitrogens is 3. The fourth-order valence-corrected chi connectivity index (χ4v) is 6.62. The van der Waals surface area contributed by atoms with Gasteiger partial charge in [-0.3, -0.25) is 0 Å². The van der Waals surface area contributed by atoms with E-state index in [0.717, 1.165) is 55.1 Å². The molecular weight excluding hydrogens is 607 g/mol. The summed E-state index contributed by atoms with van der Waals surface area (Å²) < 4.78 is 42.1. The molecule has 0 fully saturated rings. The molecule has 0 aliphatic rings. The van der Waals surface area contributed by atoms with Crippen LogP contribution in [0.4, 0.5) is 0 Å². The maximum atomic E-state index is 8.69. The molecule has 1 aromatic heterocycles. The quantitative estimate of drug-likeness (QED) is 0.181. The van der Waals surface area contributed by atoms with Crippen LogP contribution in [-0.4, -0.2) is 15.0 Å². The molecule has 0 aliphatic carbocycles. The van der Waals surface area contributed by atoms with Crippen molar-refractivity contribution in [3.8, 4) is 67.5 Å². The van der Waals surface area contributed by atoms with Gasteiger partial charge in [-0.1, -0.05) is 170 Å². The normalized spacial score (nSPS) is 12.6. The van der Waals surface area contributed by atoms with E-state index in [-0.39, 0.29) is 29.7 Å². The van der Waals surface area contributed by atoms with E-state index >= 15 is 0 Å². The smallest absolute Gasteiger partial charge is 0.164 e. The monoisotopic (exact) mass is 642 g/mol. The molecule has 9 aromatic rings. The Balaban J connectivity index is 1.23. The third kappa shape index (κ3) is 5.51. The largest absolute Gasteiger partial charge is 0.208 e. The molecule has 234 valence electrons. The summed E-state index contributed by atoms with van der Waals surface area (Å²) in [7, 11) is 0. The van der Waals surface area contributed by atoms with Crippen molar-refractivity contribution in [3.63, 3.8) is 0 Å². The average Bonchev–Trinajstić information content (AvgIpc) is 3.25. The lowest BCUT2D eigenvalue weighted by Gasteiger charge is -2.14. The fourth-order valence-electron chi connectivity index (χ4n) is 6.62. The first kappa shape index (κ1) is 24.4. The summed E-state index contributed by atoms with van der Waals surface area (Å²) in [6.45, 7) is 0. The van der Waals surface area contributed by atoms with E-state index < -0.39 is 6.04 Å². The zero-order chi connectivity index (χ0) is 37.6. The van der Waals surface area contributed by atoms with Crippen LogP contribution >= 0.6 is 0 Å². The Hall–Kier alpha value is -6.71. The minimum Gasteiger partial charge on any atom is -0.208 e. The summed E-state index contributed by atoms with van der Waals surface area (Å²) in [5, 5.41) is 3.79. The summed E-state index contributed by atoms with van der Waals surface area (Å²) in [4.78, 5) is 15.1. The van der Waals surface area contributed by atoms with Crippen molar-refractivity contribution in [1.29, 1.82) is 0 Å². The number of hydrogen-bond donors (Lipinski definition) is 0. The van der Waals surface area contributed by atoms with Crippen LogP contribution in [0.15, 0.2) is 188 Å². The van der Waals surface area contributed by atoms with Gasteiger partial charge in [0.2, 0.25) is 0 Å². The minimum absolute atomic E-state index is 0.149. The van der Waals surface area contributed by atoms with Gasteiger partial charge in [0.1, 0.15) is 0 Å². The molecule has 3 nitrogen and oxygen atoms in total. The van der Waals surface area contributed by atoms with Crippen LogP contribution in [0, 0.1) is 0 Å². The molecule has 0 amide bonds. The predicted molar refractivity (Wildman–Crippen MR) is 207 cm³/mol. The van der Waals surface area contributed by atoms with Gasteiger partial charge in [-0.2, -0.15) is 0 Å². The van der Waals surface area contributed by atoms with Crippen LogP contribution in [-0.2, 0) is 0 Å². The third-order valence-corrected chi connectivity index (χ3v) is 9.00. The topological polar surface area (TPSA) is 38.7 Å². The molecule has 1 heterocycles. The Morgan fingerprint density at radius 3 is 1.66 bits per heavy atom. The molecule has 0 atom stereocenters. The van der Waals surface area contributed by atoms with Crippen molar-refractivity contribution in [3.05, 3.63) is 188 Å². The maximum absolute atomic E-state index is 8.69. The van der Waals surface area contributed by atoms with Crippen molar-refractivity contribution in [1.82, 2.24) is 15.0 Å². The van der Waals surface area contributed by atoms with Gasteiger partial charge in [-0.15, -0.1) is 0 Å². The molecule has 50 heavy (non-hydrogen) atoms. The van der Waals surface area contributed by atoms with Gasteiger partial charge in [0.25, 0.3) is 0 Å². The van der Waals surface area contributed by atoms with Crippen LogP contribution in [0.1, 0.15) is 6.85 Å². The number of nitrogens with zero attached hydrogens (tertiary/aromatic N) is 3. The summed E-state index contributed by atoms with van der Waals surface area (Å²) >= 11 is 0. The van der Waals surface area contributed by atoms with Crippen molar-refractivity contribution in [2.24, 2.45) is 0 Å². The minimum atomic E-state index is -0.424. The standard InChI is InChI=1S/C47H31N3/c1-4-15-32(16-5-1)38-30-35-21-10-11-24-40(35)44(31-38)36-22-12-23-37(29-36)46-48-45(34-19-8-3-9-20-34)49-47(50-46)43-28-14-26-41-39(25-13-27-42(41)43)33-17-6-2-7-18-33/h1-31H/i2D,6D,7D,17D,18D. The zero-order valence-corrected chi connectivity index (χ0v) is 26.9. The fraction of sp³-hybridized carbons (Fsp3) is 0. The van der Waals surface area contributed by atoms with E-state index in [1.807, 2.05) is 78.9 Å². The Labute approximate surface area is 298 Å². The molecule has 8 aromatic carbocycles. The molecule has 9 rings (SSSR count). The Kier molecular flexibility index (Phi) is 6.22. The molecule has 0 spiro atoms. The Morgan fingerprint density at radius 2 is 0.880 bits per heavy atom. The average molecular weight is 643 g/mol.